The summed E-state index contributed by atoms with van der Waals surface area (Å²) in [7, 11) is 0. The SMILES string of the molecule is C#N.[Cu].[Li][CH2]C. The van der Waals surface area contributed by atoms with Crippen LogP contribution < -0.4 is 0 Å². The molecule has 0 unspecified atom stereocenters. The summed E-state index contributed by atoms with van der Waals surface area (Å²) in [5.74, 6) is 0. The Hall–Kier alpha value is 0.607. The van der Waals surface area contributed by atoms with Gasteiger partial charge < -0.3 is 0 Å². The van der Waals surface area contributed by atoms with E-state index in [1.807, 2.05) is 0 Å². The second-order valence-corrected chi connectivity index (χ2v) is 0.707. The maximum absolute atomic E-state index is 6.50. The third-order valence-corrected chi connectivity index (χ3v) is 0. The normalized spacial score (nSPS) is 3.50. The van der Waals surface area contributed by atoms with Crippen molar-refractivity contribution in [2.75, 3.05) is 0 Å². The Morgan fingerprint density at radius 2 is 1.67 bits per heavy atom. The molecule has 0 atom stereocenters. The van der Waals surface area contributed by atoms with Gasteiger partial charge in [-0.2, -0.15) is 0 Å². The van der Waals surface area contributed by atoms with Crippen molar-refractivity contribution < 1.29 is 17.1 Å². The zero-order valence-electron chi connectivity index (χ0n) is 4.03. The number of hydrogen-bond acceptors (Lipinski definition) is 1. The van der Waals surface area contributed by atoms with Gasteiger partial charge in [-0.1, -0.05) is 0 Å². The molecule has 0 heterocycles. The fraction of sp³-hybridized carbons (Fsp3) is 0.667. The second-order valence-electron chi connectivity index (χ2n) is 0.707. The predicted octanol–water partition coefficient (Wildman–Crippen LogP) is 0.730. The van der Waals surface area contributed by atoms with E-state index >= 15 is 0 Å². The molecular formula is C3H6CuLiN. The average Bonchev–Trinajstić information content (AvgIpc) is 1.46. The number of hydrogen-bond donors (Lipinski definition) is 0. The van der Waals surface area contributed by atoms with Crippen molar-refractivity contribution >= 4 is 17.7 Å². The van der Waals surface area contributed by atoms with Crippen LogP contribution in [0.3, 0.4) is 0 Å². The van der Waals surface area contributed by atoms with E-state index in [0.717, 1.165) is 0 Å². The van der Waals surface area contributed by atoms with Gasteiger partial charge >= 0.3 is 29.7 Å². The molecule has 0 aliphatic heterocycles. The van der Waals surface area contributed by atoms with E-state index < -0.39 is 0 Å². The van der Waals surface area contributed by atoms with Crippen molar-refractivity contribution in [1.82, 2.24) is 0 Å². The Labute approximate surface area is 58.8 Å². The number of rotatable bonds is 0. The molecule has 6 heavy (non-hydrogen) atoms. The molecule has 0 saturated carbocycles. The van der Waals surface area contributed by atoms with E-state index in [0.29, 0.717) is 0 Å². The minimum absolute atomic E-state index is 0. The minimum atomic E-state index is 0. The molecule has 1 radical (unpaired) electrons. The van der Waals surface area contributed by atoms with Crippen molar-refractivity contribution in [3.63, 3.8) is 0 Å². The zero-order valence-corrected chi connectivity index (χ0v) is 4.97. The molecule has 35 valence electrons. The van der Waals surface area contributed by atoms with Crippen LogP contribution in [0.25, 0.3) is 0 Å². The quantitative estimate of drug-likeness (QED) is 0.439. The Morgan fingerprint density at radius 3 is 1.67 bits per heavy atom. The second kappa shape index (κ2) is 46.1. The molecule has 0 aromatic carbocycles. The summed E-state index contributed by atoms with van der Waals surface area (Å²) in [6, 6.07) is 0. The molecule has 0 fully saturated rings. The standard InChI is InChI=1S/C2H5.CHN.Cu.Li/c2*1-2;;/h1H2,2H3;1H;;. The maximum atomic E-state index is 6.50. The van der Waals surface area contributed by atoms with Gasteiger partial charge in [-0.3, -0.25) is 0 Å². The van der Waals surface area contributed by atoms with E-state index in [4.69, 9.17) is 5.26 Å². The third kappa shape index (κ3) is 163. The van der Waals surface area contributed by atoms with Crippen LogP contribution in [0.5, 0.6) is 0 Å². The van der Waals surface area contributed by atoms with Gasteiger partial charge in [-0.25, -0.2) is 5.26 Å². The number of nitriles is 1. The molecule has 0 aliphatic carbocycles. The van der Waals surface area contributed by atoms with Gasteiger partial charge in [0.15, 0.2) is 0 Å². The fourth-order valence-corrected chi connectivity index (χ4v) is 0. The molecule has 0 N–H and O–H groups in total. The number of nitrogens with zero attached hydrogens (tertiary/aromatic N) is 1. The van der Waals surface area contributed by atoms with Crippen molar-refractivity contribution in [1.29, 1.82) is 5.26 Å². The summed E-state index contributed by atoms with van der Waals surface area (Å²) in [5.41, 5.74) is 0. The summed E-state index contributed by atoms with van der Waals surface area (Å²) in [6.45, 7) is 5.62. The van der Waals surface area contributed by atoms with Crippen LogP contribution in [0.1, 0.15) is 6.92 Å². The van der Waals surface area contributed by atoms with Crippen molar-refractivity contribution in [3.8, 4) is 6.57 Å². The molecule has 0 aromatic heterocycles. The molecule has 0 aromatic rings. The van der Waals surface area contributed by atoms with Gasteiger partial charge in [-0.15, -0.1) is 0 Å². The first-order chi connectivity index (χ1) is 2.41. The Bertz CT molecular complexity index is 22.0. The van der Waals surface area contributed by atoms with Gasteiger partial charge in [0.1, 0.15) is 0 Å². The van der Waals surface area contributed by atoms with Crippen LogP contribution >= 0.6 is 0 Å². The first-order valence-electron chi connectivity index (χ1n) is 1.67. The monoisotopic (exact) mass is 126 g/mol. The third-order valence-electron chi connectivity index (χ3n) is 0. The topological polar surface area (TPSA) is 23.8 Å². The molecular weight excluding hydrogens is 121 g/mol. The van der Waals surface area contributed by atoms with E-state index in [1.54, 1.807) is 0 Å². The van der Waals surface area contributed by atoms with E-state index in [9.17, 15) is 0 Å². The summed E-state index contributed by atoms with van der Waals surface area (Å²) in [5, 5.41) is 7.75. The molecule has 0 rings (SSSR count). The van der Waals surface area contributed by atoms with Crippen LogP contribution in [0.15, 0.2) is 0 Å². The summed E-state index contributed by atoms with van der Waals surface area (Å²) in [4.78, 5) is 0. The molecule has 0 amide bonds. The summed E-state index contributed by atoms with van der Waals surface area (Å²) >= 11 is 2.12. The van der Waals surface area contributed by atoms with Gasteiger partial charge in [-0.05, 0) is 0 Å². The fourth-order valence-electron chi connectivity index (χ4n) is 0. The van der Waals surface area contributed by atoms with E-state index in [2.05, 4.69) is 31.2 Å². The first kappa shape index (κ1) is 16.0. The van der Waals surface area contributed by atoms with Gasteiger partial charge in [0.25, 0.3) is 0 Å². The van der Waals surface area contributed by atoms with Crippen LogP contribution in [-0.4, -0.2) is 17.7 Å². The van der Waals surface area contributed by atoms with E-state index in [-0.39, 0.29) is 17.1 Å². The van der Waals surface area contributed by atoms with E-state index in [1.165, 1.54) is 5.09 Å². The van der Waals surface area contributed by atoms with Crippen LogP contribution in [0, 0.1) is 11.8 Å². The molecule has 1 nitrogen and oxygen atoms in total. The first-order valence-corrected chi connectivity index (χ1v) is 1.67. The predicted molar refractivity (Wildman–Crippen MR) is 22.9 cm³/mol. The molecule has 3 heteroatoms. The van der Waals surface area contributed by atoms with Crippen LogP contribution in [0.2, 0.25) is 5.09 Å². The molecule has 0 saturated heterocycles. The molecule has 0 bridgehead atoms. The summed E-state index contributed by atoms with van der Waals surface area (Å²) in [6.07, 6.45) is 0. The molecule has 0 spiro atoms. The summed E-state index contributed by atoms with van der Waals surface area (Å²) < 4.78 is 0. The van der Waals surface area contributed by atoms with Gasteiger partial charge in [0.2, 0.25) is 0 Å². The van der Waals surface area contributed by atoms with Crippen molar-refractivity contribution in [2.45, 2.75) is 12.0 Å². The van der Waals surface area contributed by atoms with Gasteiger partial charge in [0, 0.05) is 23.6 Å². The van der Waals surface area contributed by atoms with Crippen molar-refractivity contribution in [3.05, 3.63) is 0 Å². The van der Waals surface area contributed by atoms with Crippen LogP contribution in [0.4, 0.5) is 0 Å². The zero-order chi connectivity index (χ0) is 4.71. The Balaban J connectivity index is -0.0000000275. The Kier molecular flexibility index (Phi) is 123. The Morgan fingerprint density at radius 1 is 1.67 bits per heavy atom. The van der Waals surface area contributed by atoms with Crippen LogP contribution in [-0.2, 0) is 17.1 Å². The average molecular weight is 127 g/mol. The van der Waals surface area contributed by atoms with Crippen molar-refractivity contribution in [2.24, 2.45) is 0 Å². The molecule has 0 aliphatic rings. The van der Waals surface area contributed by atoms with Gasteiger partial charge in [0.05, 0.1) is 0 Å².